The third-order valence-corrected chi connectivity index (χ3v) is 4.41. The van der Waals surface area contributed by atoms with Crippen molar-refractivity contribution in [2.24, 2.45) is 0 Å². The summed E-state index contributed by atoms with van der Waals surface area (Å²) in [6, 6.07) is 11.7. The quantitative estimate of drug-likeness (QED) is 0.766. The Balaban J connectivity index is 1.58. The Hall–Kier alpha value is -3.20. The number of rotatable bonds is 5. The molecule has 3 amide bonds. The second kappa shape index (κ2) is 7.79. The van der Waals surface area contributed by atoms with Crippen LogP contribution < -0.4 is 10.9 Å². The van der Waals surface area contributed by atoms with E-state index in [9.17, 15) is 19.2 Å². The third-order valence-electron chi connectivity index (χ3n) is 3.50. The van der Waals surface area contributed by atoms with E-state index < -0.39 is 11.5 Å². The molecule has 0 spiro atoms. The van der Waals surface area contributed by atoms with E-state index in [-0.39, 0.29) is 29.9 Å². The van der Waals surface area contributed by atoms with Crippen molar-refractivity contribution >= 4 is 34.9 Å². The van der Waals surface area contributed by atoms with Crippen LogP contribution in [0.25, 0.3) is 6.08 Å². The van der Waals surface area contributed by atoms with Gasteiger partial charge in [-0.3, -0.25) is 24.1 Å². The Morgan fingerprint density at radius 3 is 2.62 bits per heavy atom. The number of amides is 3. The van der Waals surface area contributed by atoms with E-state index in [4.69, 9.17) is 0 Å². The number of thioether (sulfide) groups is 1. The molecule has 1 aliphatic rings. The van der Waals surface area contributed by atoms with E-state index in [0.29, 0.717) is 4.91 Å². The van der Waals surface area contributed by atoms with Crippen LogP contribution in [-0.4, -0.2) is 45.2 Å². The summed E-state index contributed by atoms with van der Waals surface area (Å²) >= 11 is 0.867. The average Bonchev–Trinajstić information content (AvgIpc) is 2.90. The van der Waals surface area contributed by atoms with Gasteiger partial charge in [0.05, 0.1) is 4.91 Å². The molecule has 0 saturated carbocycles. The van der Waals surface area contributed by atoms with E-state index in [1.54, 1.807) is 6.08 Å². The van der Waals surface area contributed by atoms with Crippen molar-refractivity contribution in [1.82, 2.24) is 20.4 Å². The second-order valence-electron chi connectivity index (χ2n) is 5.31. The Kier molecular flexibility index (Phi) is 5.28. The highest BCUT2D eigenvalue weighted by atomic mass is 32.2. The Labute approximate surface area is 152 Å². The third kappa shape index (κ3) is 4.06. The molecule has 0 unspecified atom stereocenters. The van der Waals surface area contributed by atoms with Crippen LogP contribution in [0, 0.1) is 0 Å². The molecule has 132 valence electrons. The smallest absolute Gasteiger partial charge is 0.293 e. The summed E-state index contributed by atoms with van der Waals surface area (Å²) in [6.07, 6.45) is 1.66. The summed E-state index contributed by atoms with van der Waals surface area (Å²) in [7, 11) is 0. The fourth-order valence-electron chi connectivity index (χ4n) is 2.24. The summed E-state index contributed by atoms with van der Waals surface area (Å²) < 4.78 is 0. The maximum absolute atomic E-state index is 12.4. The van der Waals surface area contributed by atoms with Crippen LogP contribution in [0.1, 0.15) is 16.1 Å². The van der Waals surface area contributed by atoms with Crippen LogP contribution in [0.5, 0.6) is 0 Å². The predicted octanol–water partition coefficient (Wildman–Crippen LogP) is 1.24. The number of hydrogen-bond donors (Lipinski definition) is 2. The van der Waals surface area contributed by atoms with Crippen LogP contribution in [0.15, 0.2) is 52.2 Å². The summed E-state index contributed by atoms with van der Waals surface area (Å²) in [6.45, 7) is 0.127. The first kappa shape index (κ1) is 17.6. The molecule has 1 saturated heterocycles. The normalized spacial score (nSPS) is 15.5. The van der Waals surface area contributed by atoms with Gasteiger partial charge in [0.15, 0.2) is 0 Å². The molecule has 1 aliphatic heterocycles. The highest BCUT2D eigenvalue weighted by Crippen LogP contribution is 2.31. The zero-order valence-corrected chi connectivity index (χ0v) is 14.3. The minimum absolute atomic E-state index is 0.0442. The molecule has 0 atom stereocenters. The first-order chi connectivity index (χ1) is 12.5. The fraction of sp³-hybridized carbons (Fsp3) is 0.118. The topological polar surface area (TPSA) is 112 Å². The van der Waals surface area contributed by atoms with Crippen molar-refractivity contribution in [1.29, 1.82) is 0 Å². The number of carbonyl (C=O) groups is 3. The van der Waals surface area contributed by atoms with Gasteiger partial charge in [0.25, 0.3) is 22.6 Å². The molecule has 2 N–H and O–H groups in total. The standard InChI is InChI=1S/C17H14N4O4S/c22-14-7-6-12(19-20-14)15(23)18-8-9-21-16(24)13(26-17(21)25)10-11-4-2-1-3-5-11/h1-7,10H,8-9H2,(H,18,23)(H,20,22)/b13-10-. The number of aromatic amines is 1. The lowest BCUT2D eigenvalue weighted by Gasteiger charge is -2.12. The van der Waals surface area contributed by atoms with Crippen LogP contribution in [0.3, 0.4) is 0 Å². The molecule has 1 fully saturated rings. The molecule has 0 radical (unpaired) electrons. The molecule has 8 nitrogen and oxygen atoms in total. The van der Waals surface area contributed by atoms with Crippen molar-refractivity contribution < 1.29 is 14.4 Å². The molecule has 0 bridgehead atoms. The first-order valence-electron chi connectivity index (χ1n) is 7.69. The van der Waals surface area contributed by atoms with Gasteiger partial charge < -0.3 is 5.32 Å². The average molecular weight is 370 g/mol. The Morgan fingerprint density at radius 2 is 1.92 bits per heavy atom. The molecule has 1 aromatic carbocycles. The monoisotopic (exact) mass is 370 g/mol. The summed E-state index contributed by atoms with van der Waals surface area (Å²) in [5.41, 5.74) is 0.461. The minimum atomic E-state index is -0.506. The second-order valence-corrected chi connectivity index (χ2v) is 6.30. The van der Waals surface area contributed by atoms with E-state index in [0.717, 1.165) is 22.2 Å². The van der Waals surface area contributed by atoms with Crippen molar-refractivity contribution in [3.05, 3.63) is 69.0 Å². The Bertz CT molecular complexity index is 919. The van der Waals surface area contributed by atoms with Gasteiger partial charge in [-0.15, -0.1) is 0 Å². The molecule has 1 aromatic heterocycles. The first-order valence-corrected chi connectivity index (χ1v) is 8.50. The lowest BCUT2D eigenvalue weighted by molar-refractivity contribution is -0.122. The van der Waals surface area contributed by atoms with Gasteiger partial charge in [0.2, 0.25) is 0 Å². The molecular formula is C17H14N4O4S. The molecule has 9 heteroatoms. The SMILES string of the molecule is O=C(NCCN1C(=O)S/C(=C\c2ccccc2)C1=O)c1ccc(=O)[nH]n1. The number of hydrogen-bond acceptors (Lipinski definition) is 6. The molecule has 26 heavy (non-hydrogen) atoms. The van der Waals surface area contributed by atoms with Crippen molar-refractivity contribution in [3.8, 4) is 0 Å². The van der Waals surface area contributed by atoms with Gasteiger partial charge in [-0.05, 0) is 29.5 Å². The van der Waals surface area contributed by atoms with Gasteiger partial charge in [-0.1, -0.05) is 30.3 Å². The lowest BCUT2D eigenvalue weighted by atomic mass is 10.2. The van der Waals surface area contributed by atoms with E-state index in [1.165, 1.54) is 12.1 Å². The van der Waals surface area contributed by atoms with Gasteiger partial charge >= 0.3 is 0 Å². The number of nitrogens with one attached hydrogen (secondary N) is 2. The highest BCUT2D eigenvalue weighted by molar-refractivity contribution is 8.18. The van der Waals surface area contributed by atoms with Crippen molar-refractivity contribution in [3.63, 3.8) is 0 Å². The maximum atomic E-state index is 12.4. The summed E-state index contributed by atoms with van der Waals surface area (Å²) in [5.74, 6) is -0.895. The minimum Gasteiger partial charge on any atom is -0.349 e. The van der Waals surface area contributed by atoms with Crippen molar-refractivity contribution in [2.75, 3.05) is 13.1 Å². The van der Waals surface area contributed by atoms with Gasteiger partial charge in [-0.2, -0.15) is 5.10 Å². The summed E-state index contributed by atoms with van der Waals surface area (Å²) in [5, 5.41) is 7.94. The molecule has 2 heterocycles. The molecular weight excluding hydrogens is 356 g/mol. The largest absolute Gasteiger partial charge is 0.349 e. The number of H-pyrrole nitrogens is 1. The summed E-state index contributed by atoms with van der Waals surface area (Å²) in [4.78, 5) is 48.6. The highest BCUT2D eigenvalue weighted by Gasteiger charge is 2.34. The number of imide groups is 1. The van der Waals surface area contributed by atoms with Crippen LogP contribution in [-0.2, 0) is 4.79 Å². The Morgan fingerprint density at radius 1 is 1.15 bits per heavy atom. The molecule has 0 aliphatic carbocycles. The van der Waals surface area contributed by atoms with E-state index in [2.05, 4.69) is 15.5 Å². The number of benzene rings is 1. The maximum Gasteiger partial charge on any atom is 0.293 e. The molecule has 2 aromatic rings. The fourth-order valence-corrected chi connectivity index (χ4v) is 3.10. The van der Waals surface area contributed by atoms with Crippen LogP contribution in [0.4, 0.5) is 4.79 Å². The van der Waals surface area contributed by atoms with E-state index >= 15 is 0 Å². The van der Waals surface area contributed by atoms with Crippen LogP contribution >= 0.6 is 11.8 Å². The molecule has 3 rings (SSSR count). The zero-order valence-electron chi connectivity index (χ0n) is 13.5. The predicted molar refractivity (Wildman–Crippen MR) is 96.3 cm³/mol. The van der Waals surface area contributed by atoms with Crippen LogP contribution in [0.2, 0.25) is 0 Å². The lowest BCUT2D eigenvalue weighted by Crippen LogP contribution is -2.37. The number of aromatic nitrogens is 2. The number of nitrogens with zero attached hydrogens (tertiary/aromatic N) is 2. The van der Waals surface area contributed by atoms with Gasteiger partial charge in [0, 0.05) is 19.2 Å². The van der Waals surface area contributed by atoms with Gasteiger partial charge in [-0.25, -0.2) is 5.10 Å². The van der Waals surface area contributed by atoms with Gasteiger partial charge in [0.1, 0.15) is 5.69 Å². The zero-order chi connectivity index (χ0) is 18.5. The van der Waals surface area contributed by atoms with Crippen molar-refractivity contribution in [2.45, 2.75) is 0 Å². The van der Waals surface area contributed by atoms with E-state index in [1.807, 2.05) is 30.3 Å². The number of carbonyl (C=O) groups excluding carboxylic acids is 3.